The Morgan fingerprint density at radius 2 is 1.94 bits per heavy atom. The van der Waals surface area contributed by atoms with Crippen molar-refractivity contribution in [2.75, 3.05) is 5.32 Å². The highest BCUT2D eigenvalue weighted by Crippen LogP contribution is 2.38. The molecule has 1 aliphatic carbocycles. The van der Waals surface area contributed by atoms with Gasteiger partial charge in [0.25, 0.3) is 5.91 Å². The number of hydrogen-bond donors (Lipinski definition) is 2. The lowest BCUT2D eigenvalue weighted by molar-refractivity contribution is -0.119. The van der Waals surface area contributed by atoms with Gasteiger partial charge in [0, 0.05) is 7.05 Å². The number of amides is 2. The molecule has 0 spiro atoms. The van der Waals surface area contributed by atoms with Crippen molar-refractivity contribution in [1.82, 2.24) is 19.9 Å². The van der Waals surface area contributed by atoms with E-state index in [1.54, 1.807) is 19.3 Å². The average Bonchev–Trinajstić information content (AvgIpc) is 3.32. The highest BCUT2D eigenvalue weighted by Gasteiger charge is 2.35. The van der Waals surface area contributed by atoms with E-state index < -0.39 is 11.8 Å². The molecule has 3 heterocycles. The van der Waals surface area contributed by atoms with E-state index >= 15 is 0 Å². The van der Waals surface area contributed by atoms with Crippen molar-refractivity contribution in [3.8, 4) is 11.3 Å². The fraction of sp³-hybridized carbons (Fsp3) is 0.458. The number of aryl methyl sites for hydroxylation is 3. The SMILES string of the molecule is Cc1noc(C)c1-c1ccc(NC(=O)C(c2cc(C(N)=O)n(C)n2)C2CCC(C)CC2)cn1. The van der Waals surface area contributed by atoms with Crippen LogP contribution in [0.4, 0.5) is 5.69 Å². The van der Waals surface area contributed by atoms with Gasteiger partial charge >= 0.3 is 0 Å². The summed E-state index contributed by atoms with van der Waals surface area (Å²) in [5, 5.41) is 11.5. The third-order valence-electron chi connectivity index (χ3n) is 6.60. The lowest BCUT2D eigenvalue weighted by Gasteiger charge is -2.31. The summed E-state index contributed by atoms with van der Waals surface area (Å²) in [5.74, 6) is 0.299. The lowest BCUT2D eigenvalue weighted by atomic mass is 9.75. The number of hydrogen-bond acceptors (Lipinski definition) is 6. The Kier molecular flexibility index (Phi) is 6.31. The van der Waals surface area contributed by atoms with E-state index in [1.165, 1.54) is 4.68 Å². The smallest absolute Gasteiger partial charge is 0.266 e. The molecule has 2 amide bonds. The number of carbonyl (C=O) groups excluding carboxylic acids is 2. The monoisotopic (exact) mass is 450 g/mol. The first-order valence-corrected chi connectivity index (χ1v) is 11.3. The number of aromatic nitrogens is 4. The molecular weight excluding hydrogens is 420 g/mol. The standard InChI is InChI=1S/C24H30N6O3/c1-13-5-7-16(8-6-13)22(19-11-20(23(25)31)30(4)28-19)24(32)27-17-9-10-18(26-12-17)21-14(2)29-33-15(21)3/h9-13,16,22H,5-8H2,1-4H3,(H2,25,31)(H,27,32). The molecule has 1 aliphatic rings. The van der Waals surface area contributed by atoms with Crippen LogP contribution in [0.3, 0.4) is 0 Å². The van der Waals surface area contributed by atoms with E-state index in [0.29, 0.717) is 23.1 Å². The van der Waals surface area contributed by atoms with Gasteiger partial charge in [0.05, 0.1) is 40.4 Å². The normalized spacial score (nSPS) is 19.3. The van der Waals surface area contributed by atoms with Crippen molar-refractivity contribution < 1.29 is 14.1 Å². The zero-order chi connectivity index (χ0) is 23.7. The Labute approximate surface area is 192 Å². The zero-order valence-corrected chi connectivity index (χ0v) is 19.5. The van der Waals surface area contributed by atoms with Crippen LogP contribution in [0.15, 0.2) is 28.9 Å². The maximum Gasteiger partial charge on any atom is 0.266 e. The van der Waals surface area contributed by atoms with Gasteiger partial charge in [-0.15, -0.1) is 0 Å². The summed E-state index contributed by atoms with van der Waals surface area (Å²) in [6.07, 6.45) is 5.64. The zero-order valence-electron chi connectivity index (χ0n) is 19.5. The van der Waals surface area contributed by atoms with Gasteiger partial charge in [-0.05, 0) is 56.7 Å². The van der Waals surface area contributed by atoms with Crippen molar-refractivity contribution in [3.05, 3.63) is 47.2 Å². The molecule has 1 atom stereocenters. The van der Waals surface area contributed by atoms with E-state index in [4.69, 9.17) is 10.3 Å². The van der Waals surface area contributed by atoms with Crippen LogP contribution in [0, 0.1) is 25.7 Å². The second kappa shape index (κ2) is 9.17. The Bertz CT molecular complexity index is 1140. The van der Waals surface area contributed by atoms with Crippen LogP contribution >= 0.6 is 0 Å². The van der Waals surface area contributed by atoms with Crippen LogP contribution in [0.5, 0.6) is 0 Å². The van der Waals surface area contributed by atoms with Crippen molar-refractivity contribution in [2.24, 2.45) is 24.6 Å². The van der Waals surface area contributed by atoms with E-state index in [2.05, 4.69) is 27.5 Å². The molecule has 3 aromatic heterocycles. The first-order valence-electron chi connectivity index (χ1n) is 11.3. The predicted octanol–water partition coefficient (Wildman–Crippen LogP) is 3.73. The third-order valence-corrected chi connectivity index (χ3v) is 6.60. The third kappa shape index (κ3) is 4.67. The molecule has 9 heteroatoms. The molecule has 0 bridgehead atoms. The molecule has 0 saturated heterocycles. The largest absolute Gasteiger partial charge is 0.364 e. The summed E-state index contributed by atoms with van der Waals surface area (Å²) >= 11 is 0. The quantitative estimate of drug-likeness (QED) is 0.589. The maximum atomic E-state index is 13.5. The summed E-state index contributed by atoms with van der Waals surface area (Å²) in [7, 11) is 1.67. The van der Waals surface area contributed by atoms with Crippen molar-refractivity contribution in [2.45, 2.75) is 52.4 Å². The Hall–Kier alpha value is -3.49. The molecule has 3 N–H and O–H groups in total. The molecule has 0 aliphatic heterocycles. The molecule has 1 unspecified atom stereocenters. The van der Waals surface area contributed by atoms with E-state index in [9.17, 15) is 9.59 Å². The van der Waals surface area contributed by atoms with E-state index in [0.717, 1.165) is 42.6 Å². The highest BCUT2D eigenvalue weighted by atomic mass is 16.5. The maximum absolute atomic E-state index is 13.5. The first kappa shape index (κ1) is 22.7. The molecule has 4 rings (SSSR count). The Morgan fingerprint density at radius 1 is 1.21 bits per heavy atom. The molecule has 9 nitrogen and oxygen atoms in total. The van der Waals surface area contributed by atoms with Crippen LogP contribution in [0.25, 0.3) is 11.3 Å². The van der Waals surface area contributed by atoms with E-state index in [1.807, 2.05) is 26.0 Å². The van der Waals surface area contributed by atoms with Gasteiger partial charge in [-0.3, -0.25) is 19.3 Å². The Morgan fingerprint density at radius 3 is 2.48 bits per heavy atom. The summed E-state index contributed by atoms with van der Waals surface area (Å²) in [6.45, 7) is 5.95. The van der Waals surface area contributed by atoms with Gasteiger partial charge in [0.1, 0.15) is 11.5 Å². The molecule has 1 fully saturated rings. The predicted molar refractivity (Wildman–Crippen MR) is 123 cm³/mol. The molecule has 33 heavy (non-hydrogen) atoms. The fourth-order valence-electron chi connectivity index (χ4n) is 4.77. The Balaban J connectivity index is 1.59. The molecular formula is C24H30N6O3. The van der Waals surface area contributed by atoms with Crippen LogP contribution in [-0.4, -0.2) is 31.7 Å². The molecule has 3 aromatic rings. The number of primary amides is 1. The van der Waals surface area contributed by atoms with Gasteiger partial charge in [-0.25, -0.2) is 0 Å². The van der Waals surface area contributed by atoms with Crippen LogP contribution in [0.1, 0.15) is 66.2 Å². The number of carbonyl (C=O) groups is 2. The van der Waals surface area contributed by atoms with Gasteiger partial charge in [-0.2, -0.15) is 5.10 Å². The summed E-state index contributed by atoms with van der Waals surface area (Å²) in [4.78, 5) is 29.7. The summed E-state index contributed by atoms with van der Waals surface area (Å²) in [6, 6.07) is 5.30. The highest BCUT2D eigenvalue weighted by molar-refractivity contribution is 5.97. The van der Waals surface area contributed by atoms with Crippen LogP contribution in [-0.2, 0) is 11.8 Å². The topological polar surface area (TPSA) is 129 Å². The number of anilines is 1. The van der Waals surface area contributed by atoms with Crippen molar-refractivity contribution >= 4 is 17.5 Å². The molecule has 1 saturated carbocycles. The van der Waals surface area contributed by atoms with Gasteiger partial charge in [0.15, 0.2) is 0 Å². The summed E-state index contributed by atoms with van der Waals surface area (Å²) < 4.78 is 6.67. The number of nitrogens with zero attached hydrogens (tertiary/aromatic N) is 4. The minimum atomic E-state index is -0.563. The number of nitrogens with two attached hydrogens (primary N) is 1. The van der Waals surface area contributed by atoms with E-state index in [-0.39, 0.29) is 17.5 Å². The fourth-order valence-corrected chi connectivity index (χ4v) is 4.77. The van der Waals surface area contributed by atoms with Crippen molar-refractivity contribution in [1.29, 1.82) is 0 Å². The number of rotatable bonds is 6. The minimum absolute atomic E-state index is 0.145. The second-order valence-corrected chi connectivity index (χ2v) is 9.06. The molecule has 174 valence electrons. The van der Waals surface area contributed by atoms with Gasteiger partial charge < -0.3 is 15.6 Å². The summed E-state index contributed by atoms with van der Waals surface area (Å²) in [5.41, 5.74) is 9.29. The second-order valence-electron chi connectivity index (χ2n) is 9.06. The van der Waals surface area contributed by atoms with Crippen LogP contribution in [0.2, 0.25) is 0 Å². The van der Waals surface area contributed by atoms with Gasteiger partial charge in [0.2, 0.25) is 5.91 Å². The molecule has 0 aromatic carbocycles. The number of pyridine rings is 1. The average molecular weight is 451 g/mol. The first-order chi connectivity index (χ1) is 15.7. The molecule has 0 radical (unpaired) electrons. The minimum Gasteiger partial charge on any atom is -0.364 e. The van der Waals surface area contributed by atoms with Crippen molar-refractivity contribution in [3.63, 3.8) is 0 Å². The van der Waals surface area contributed by atoms with Crippen LogP contribution < -0.4 is 11.1 Å². The van der Waals surface area contributed by atoms with Gasteiger partial charge in [-0.1, -0.05) is 24.9 Å². The number of nitrogens with one attached hydrogen (secondary N) is 1. The lowest BCUT2D eigenvalue weighted by Crippen LogP contribution is -2.30.